The van der Waals surface area contributed by atoms with Gasteiger partial charge in [0.15, 0.2) is 0 Å². The van der Waals surface area contributed by atoms with Crippen LogP contribution in [0.5, 0.6) is 0 Å². The Morgan fingerprint density at radius 1 is 1.00 bits per heavy atom. The minimum absolute atomic E-state index is 0.0162. The molecule has 1 atom stereocenters. The molecule has 2 aromatic carbocycles. The molecule has 0 unspecified atom stereocenters. The van der Waals surface area contributed by atoms with Crippen molar-refractivity contribution in [1.29, 1.82) is 0 Å². The monoisotopic (exact) mass is 563 g/mol. The summed E-state index contributed by atoms with van der Waals surface area (Å²) in [6.07, 6.45) is 8.88. The van der Waals surface area contributed by atoms with Gasteiger partial charge in [-0.05, 0) is 68.5 Å². The minimum Gasteiger partial charge on any atom is -0.361 e. The van der Waals surface area contributed by atoms with Gasteiger partial charge in [0.05, 0.1) is 12.6 Å². The van der Waals surface area contributed by atoms with Gasteiger partial charge >= 0.3 is 0 Å². The molecule has 8 heteroatoms. The summed E-state index contributed by atoms with van der Waals surface area (Å²) in [5, 5.41) is 5.07. The van der Waals surface area contributed by atoms with Crippen LogP contribution < -0.4 is 5.32 Å². The standard InChI is InChI=1S/C32H42ClN5O2/c1-24(39)38(21-25-9-3-5-11-30(25)33)22-27(19-26-20-34-31-12-6-4-10-29(26)31)35-32(40)23-36-17-13-28(14-18-36)37-15-7-2-8-16-37/h3-6,9-12,20,27-28,34H,2,7-8,13-19,21-23H2,1H3,(H,35,40)/t27-/m1/s1. The number of fused-ring (bicyclic) bond motifs is 1. The molecule has 5 rings (SSSR count). The number of benzene rings is 2. The summed E-state index contributed by atoms with van der Waals surface area (Å²) in [6, 6.07) is 16.2. The van der Waals surface area contributed by atoms with Crippen LogP contribution in [0.15, 0.2) is 54.7 Å². The average Bonchev–Trinajstić information content (AvgIpc) is 3.37. The summed E-state index contributed by atoms with van der Waals surface area (Å²) in [5.74, 6) is -0.0274. The molecule has 2 amide bonds. The van der Waals surface area contributed by atoms with Crippen molar-refractivity contribution in [3.05, 3.63) is 70.9 Å². The van der Waals surface area contributed by atoms with E-state index in [-0.39, 0.29) is 17.9 Å². The largest absolute Gasteiger partial charge is 0.361 e. The van der Waals surface area contributed by atoms with Crippen molar-refractivity contribution in [1.82, 2.24) is 25.0 Å². The third-order valence-corrected chi connectivity index (χ3v) is 8.91. The SMILES string of the molecule is CC(=O)N(Cc1ccccc1Cl)C[C@@H](Cc1c[nH]c2ccccc12)NC(=O)CN1CCC(N2CCCCC2)CC1. The van der Waals surface area contributed by atoms with Crippen molar-refractivity contribution in [3.63, 3.8) is 0 Å². The zero-order valence-electron chi connectivity index (χ0n) is 23.6. The van der Waals surface area contributed by atoms with Crippen LogP contribution in [-0.2, 0) is 22.6 Å². The Morgan fingerprint density at radius 2 is 1.73 bits per heavy atom. The molecular formula is C32H42ClN5O2. The second-order valence-electron chi connectivity index (χ2n) is 11.4. The molecule has 40 heavy (non-hydrogen) atoms. The highest BCUT2D eigenvalue weighted by atomic mass is 35.5. The van der Waals surface area contributed by atoms with Gasteiger partial charge in [-0.15, -0.1) is 0 Å². The fourth-order valence-corrected chi connectivity index (χ4v) is 6.53. The Labute approximate surface area is 242 Å². The van der Waals surface area contributed by atoms with Crippen molar-refractivity contribution in [3.8, 4) is 0 Å². The Bertz CT molecular complexity index is 1280. The number of likely N-dealkylation sites (tertiary alicyclic amines) is 2. The summed E-state index contributed by atoms with van der Waals surface area (Å²) in [5.41, 5.74) is 3.09. The number of aromatic amines is 1. The molecule has 0 bridgehead atoms. The van der Waals surface area contributed by atoms with Crippen LogP contribution in [0.3, 0.4) is 0 Å². The average molecular weight is 564 g/mol. The lowest BCUT2D eigenvalue weighted by atomic mass is 10.00. The number of aromatic nitrogens is 1. The maximum absolute atomic E-state index is 13.4. The molecule has 214 valence electrons. The third-order valence-electron chi connectivity index (χ3n) is 8.54. The fourth-order valence-electron chi connectivity index (χ4n) is 6.33. The molecule has 3 aromatic rings. The van der Waals surface area contributed by atoms with E-state index in [1.165, 1.54) is 32.4 Å². The molecule has 0 radical (unpaired) electrons. The number of carbonyl (C=O) groups is 2. The van der Waals surface area contributed by atoms with Crippen LogP contribution in [-0.4, -0.2) is 82.9 Å². The van der Waals surface area contributed by atoms with Crippen LogP contribution in [0.4, 0.5) is 0 Å². The molecule has 0 aliphatic carbocycles. The van der Waals surface area contributed by atoms with Gasteiger partial charge in [-0.2, -0.15) is 0 Å². The van der Waals surface area contributed by atoms with Crippen LogP contribution in [0.2, 0.25) is 5.02 Å². The number of piperidine rings is 2. The quantitative estimate of drug-likeness (QED) is 0.370. The number of halogens is 1. The van der Waals surface area contributed by atoms with Crippen molar-refractivity contribution in [2.75, 3.05) is 39.3 Å². The van der Waals surface area contributed by atoms with Crippen LogP contribution >= 0.6 is 11.6 Å². The maximum atomic E-state index is 13.4. The number of amides is 2. The molecule has 2 N–H and O–H groups in total. The van der Waals surface area contributed by atoms with Crippen molar-refractivity contribution in [2.24, 2.45) is 0 Å². The topological polar surface area (TPSA) is 71.7 Å². The van der Waals surface area contributed by atoms with Crippen LogP contribution in [0, 0.1) is 0 Å². The van der Waals surface area contributed by atoms with E-state index in [4.69, 9.17) is 11.6 Å². The Balaban J connectivity index is 1.24. The number of hydrogen-bond donors (Lipinski definition) is 2. The second kappa shape index (κ2) is 13.7. The Hall–Kier alpha value is -2.87. The van der Waals surface area contributed by atoms with Crippen molar-refractivity contribution < 1.29 is 9.59 Å². The highest BCUT2D eigenvalue weighted by molar-refractivity contribution is 6.31. The van der Waals surface area contributed by atoms with Gasteiger partial charge in [0.2, 0.25) is 11.8 Å². The van der Waals surface area contributed by atoms with Crippen molar-refractivity contribution in [2.45, 2.75) is 64.1 Å². The van der Waals surface area contributed by atoms with Gasteiger partial charge in [0.1, 0.15) is 0 Å². The fraction of sp³-hybridized carbons (Fsp3) is 0.500. The lowest BCUT2D eigenvalue weighted by Crippen LogP contribution is -2.51. The first-order valence-electron chi connectivity index (χ1n) is 14.8. The Morgan fingerprint density at radius 3 is 2.48 bits per heavy atom. The van der Waals surface area contributed by atoms with Gasteiger partial charge in [-0.3, -0.25) is 14.5 Å². The number of nitrogens with one attached hydrogen (secondary N) is 2. The minimum atomic E-state index is -0.232. The number of rotatable bonds is 10. The molecule has 0 saturated carbocycles. The summed E-state index contributed by atoms with van der Waals surface area (Å²) in [4.78, 5) is 36.2. The zero-order chi connectivity index (χ0) is 27.9. The normalized spacial score (nSPS) is 18.1. The van der Waals surface area contributed by atoms with Gasteiger partial charge < -0.3 is 20.1 Å². The van der Waals surface area contributed by atoms with Gasteiger partial charge in [0.25, 0.3) is 0 Å². The predicted octanol–water partition coefficient (Wildman–Crippen LogP) is 4.85. The van der Waals surface area contributed by atoms with E-state index in [0.717, 1.165) is 48.0 Å². The third kappa shape index (κ3) is 7.45. The molecule has 3 heterocycles. The van der Waals surface area contributed by atoms with E-state index in [9.17, 15) is 9.59 Å². The number of hydrogen-bond acceptors (Lipinski definition) is 4. The highest BCUT2D eigenvalue weighted by Crippen LogP contribution is 2.22. The zero-order valence-corrected chi connectivity index (χ0v) is 24.3. The van der Waals surface area contributed by atoms with E-state index < -0.39 is 0 Å². The number of H-pyrrole nitrogens is 1. The number of para-hydroxylation sites is 1. The maximum Gasteiger partial charge on any atom is 0.234 e. The van der Waals surface area contributed by atoms with E-state index in [2.05, 4.69) is 32.2 Å². The molecule has 0 spiro atoms. The summed E-state index contributed by atoms with van der Waals surface area (Å²) >= 11 is 6.42. The van der Waals surface area contributed by atoms with Crippen molar-refractivity contribution >= 4 is 34.3 Å². The van der Waals surface area contributed by atoms with Gasteiger partial charge in [0, 0.05) is 61.3 Å². The molecule has 7 nitrogen and oxygen atoms in total. The van der Waals surface area contributed by atoms with Crippen LogP contribution in [0.1, 0.15) is 50.2 Å². The molecule has 2 saturated heterocycles. The Kier molecular flexibility index (Phi) is 9.79. The molecule has 2 aliphatic heterocycles. The molecule has 1 aromatic heterocycles. The smallest absolute Gasteiger partial charge is 0.234 e. The van der Waals surface area contributed by atoms with Gasteiger partial charge in [-0.1, -0.05) is 54.4 Å². The summed E-state index contributed by atoms with van der Waals surface area (Å²) in [6.45, 7) is 7.13. The summed E-state index contributed by atoms with van der Waals surface area (Å²) < 4.78 is 0. The summed E-state index contributed by atoms with van der Waals surface area (Å²) in [7, 11) is 0. The molecular weight excluding hydrogens is 522 g/mol. The lowest BCUT2D eigenvalue weighted by molar-refractivity contribution is -0.131. The second-order valence-corrected chi connectivity index (χ2v) is 11.8. The first-order chi connectivity index (χ1) is 19.5. The van der Waals surface area contributed by atoms with E-state index in [1.807, 2.05) is 42.6 Å². The number of nitrogens with zero attached hydrogens (tertiary/aromatic N) is 3. The molecule has 2 fully saturated rings. The number of carbonyl (C=O) groups excluding carboxylic acids is 2. The van der Waals surface area contributed by atoms with Gasteiger partial charge in [-0.25, -0.2) is 0 Å². The van der Waals surface area contributed by atoms with E-state index in [0.29, 0.717) is 37.1 Å². The van der Waals surface area contributed by atoms with E-state index >= 15 is 0 Å². The molecule has 2 aliphatic rings. The van der Waals surface area contributed by atoms with E-state index in [1.54, 1.807) is 11.8 Å². The predicted molar refractivity (Wildman–Crippen MR) is 161 cm³/mol. The first kappa shape index (κ1) is 28.7. The highest BCUT2D eigenvalue weighted by Gasteiger charge is 2.27. The van der Waals surface area contributed by atoms with Crippen LogP contribution in [0.25, 0.3) is 10.9 Å². The first-order valence-corrected chi connectivity index (χ1v) is 15.1. The lowest BCUT2D eigenvalue weighted by Gasteiger charge is -2.40.